The highest BCUT2D eigenvalue weighted by Crippen LogP contribution is 2.47. The number of carbonyl (C=O) groups excluding carboxylic acids is 3. The van der Waals surface area contributed by atoms with Gasteiger partial charge >= 0.3 is 6.17 Å². The Morgan fingerprint density at radius 2 is 1.95 bits per heavy atom. The van der Waals surface area contributed by atoms with Crippen LogP contribution in [0.1, 0.15) is 58.4 Å². The highest BCUT2D eigenvalue weighted by molar-refractivity contribution is 7.88. The quantitative estimate of drug-likeness (QED) is 0.488. The molecule has 1 saturated carbocycles. The average Bonchev–Trinajstić information content (AvgIpc) is 3.49. The summed E-state index contributed by atoms with van der Waals surface area (Å²) in [4.78, 5) is 47.5. The number of amides is 3. The predicted octanol–water partition coefficient (Wildman–Crippen LogP) is 2.34. The Morgan fingerprint density at radius 1 is 1.29 bits per heavy atom. The van der Waals surface area contributed by atoms with Gasteiger partial charge in [0.25, 0.3) is 5.91 Å². The molecule has 2 N–H and O–H groups in total. The first kappa shape index (κ1) is 28.0. The van der Waals surface area contributed by atoms with Gasteiger partial charge in [-0.15, -0.1) is 0 Å². The van der Waals surface area contributed by atoms with Crippen molar-refractivity contribution in [3.63, 3.8) is 0 Å². The normalized spacial score (nSPS) is 24.5. The zero-order chi connectivity index (χ0) is 28.0. The van der Waals surface area contributed by atoms with Crippen LogP contribution < -0.4 is 10.0 Å². The number of nitrogens with zero attached hydrogens (tertiary/aromatic N) is 3. The Kier molecular flexibility index (Phi) is 7.36. The van der Waals surface area contributed by atoms with Crippen LogP contribution in [-0.4, -0.2) is 74.0 Å². The molecule has 1 spiro atoms. The summed E-state index contributed by atoms with van der Waals surface area (Å²) >= 11 is 0. The molecule has 2 fully saturated rings. The maximum absolute atomic E-state index is 14.2. The van der Waals surface area contributed by atoms with Gasteiger partial charge in [-0.1, -0.05) is 51.8 Å². The number of hydrogen-bond donors (Lipinski definition) is 2. The van der Waals surface area contributed by atoms with Crippen LogP contribution in [0.5, 0.6) is 0 Å². The second-order valence-corrected chi connectivity index (χ2v) is 14.0. The van der Waals surface area contributed by atoms with Gasteiger partial charge in [-0.2, -0.15) is 0 Å². The molecule has 10 nitrogen and oxygen atoms in total. The van der Waals surface area contributed by atoms with Crippen LogP contribution >= 0.6 is 0 Å². The summed E-state index contributed by atoms with van der Waals surface area (Å²) in [5.74, 6) is -0.840. The standard InChI is InChI=1S/C27H37N5O5S/c1-26(2,3)14-21(31(5)23(33)20(13-17-11-12-17)30-38(6,36)37)24(34)32-16-27(15-22(32)28-4)18-9-7-8-10-19(18)29-25(27)35/h7-10,17,20-22,30H,11-16H2,1-3,5-6H3,(H,29,35)/t20-,21-,22-,27-/m0/s1. The molecule has 4 rings (SSSR count). The SMILES string of the molecule is [C-]#[N+][C@@H]1C[C@@]2(CN1C(=O)[C@H](CC(C)(C)C)N(C)C(=O)[C@H](CC1CC1)NS(C)(=O)=O)C(=O)Nc1ccccc12. The minimum absolute atomic E-state index is 0.0392. The maximum atomic E-state index is 14.2. The van der Waals surface area contributed by atoms with E-state index in [-0.39, 0.29) is 30.2 Å². The van der Waals surface area contributed by atoms with Crippen LogP contribution in [0.25, 0.3) is 4.85 Å². The third-order valence-corrected chi connectivity index (χ3v) is 8.43. The van der Waals surface area contributed by atoms with E-state index >= 15 is 0 Å². The van der Waals surface area contributed by atoms with E-state index in [1.54, 1.807) is 0 Å². The zero-order valence-electron chi connectivity index (χ0n) is 22.7. The molecule has 0 bridgehead atoms. The van der Waals surface area contributed by atoms with Gasteiger partial charge in [-0.05, 0) is 35.8 Å². The first-order valence-electron chi connectivity index (χ1n) is 13.0. The summed E-state index contributed by atoms with van der Waals surface area (Å²) in [6, 6.07) is 5.43. The summed E-state index contributed by atoms with van der Waals surface area (Å²) in [6.45, 7) is 13.7. The van der Waals surface area contributed by atoms with E-state index in [2.05, 4.69) is 14.9 Å². The highest BCUT2D eigenvalue weighted by atomic mass is 32.2. The second-order valence-electron chi connectivity index (χ2n) is 12.2. The van der Waals surface area contributed by atoms with Crippen molar-refractivity contribution >= 4 is 33.4 Å². The number of fused-ring (bicyclic) bond motifs is 2. The molecule has 3 amide bonds. The number of hydrogen-bond acceptors (Lipinski definition) is 5. The van der Waals surface area contributed by atoms with Gasteiger partial charge in [0.1, 0.15) is 17.5 Å². The zero-order valence-corrected chi connectivity index (χ0v) is 23.5. The van der Waals surface area contributed by atoms with Crippen LogP contribution in [0.2, 0.25) is 0 Å². The van der Waals surface area contributed by atoms with Gasteiger partial charge < -0.3 is 10.2 Å². The predicted molar refractivity (Wildman–Crippen MR) is 143 cm³/mol. The van der Waals surface area contributed by atoms with Crippen molar-refractivity contribution in [1.82, 2.24) is 14.5 Å². The lowest BCUT2D eigenvalue weighted by Gasteiger charge is -2.36. The maximum Gasteiger partial charge on any atom is 0.302 e. The molecule has 0 unspecified atom stereocenters. The number of carbonyl (C=O) groups is 3. The number of para-hydroxylation sites is 1. The number of anilines is 1. The lowest BCUT2D eigenvalue weighted by molar-refractivity contribution is -0.147. The van der Waals surface area contributed by atoms with Crippen LogP contribution in [0.15, 0.2) is 24.3 Å². The van der Waals surface area contributed by atoms with E-state index in [0.29, 0.717) is 18.5 Å². The van der Waals surface area contributed by atoms with Crippen LogP contribution in [0.3, 0.4) is 0 Å². The molecule has 11 heteroatoms. The van der Waals surface area contributed by atoms with Crippen molar-refractivity contribution in [2.75, 3.05) is 25.2 Å². The minimum Gasteiger partial charge on any atom is -0.332 e. The molecule has 4 atom stereocenters. The van der Waals surface area contributed by atoms with Crippen molar-refractivity contribution in [2.24, 2.45) is 11.3 Å². The van der Waals surface area contributed by atoms with Gasteiger partial charge in [0.15, 0.2) is 0 Å². The average molecular weight is 544 g/mol. The van der Waals surface area contributed by atoms with Crippen molar-refractivity contribution in [3.05, 3.63) is 41.2 Å². The second kappa shape index (κ2) is 9.97. The number of nitrogens with one attached hydrogen (secondary N) is 2. The van der Waals surface area contributed by atoms with E-state index < -0.39 is 45.5 Å². The molecule has 3 aliphatic rings. The molecule has 2 heterocycles. The Bertz CT molecular complexity index is 1280. The fraction of sp³-hybridized carbons (Fsp3) is 0.630. The molecule has 1 aliphatic carbocycles. The molecular weight excluding hydrogens is 506 g/mol. The summed E-state index contributed by atoms with van der Waals surface area (Å²) in [7, 11) is -2.13. The Balaban J connectivity index is 1.65. The Labute approximate surface area is 225 Å². The molecule has 0 aromatic heterocycles. The van der Waals surface area contributed by atoms with Gasteiger partial charge in [0.05, 0.1) is 12.7 Å². The molecule has 206 valence electrons. The van der Waals surface area contributed by atoms with Crippen LogP contribution in [0.4, 0.5) is 5.69 Å². The number of benzene rings is 1. The fourth-order valence-corrected chi connectivity index (χ4v) is 6.38. The van der Waals surface area contributed by atoms with Crippen LogP contribution in [-0.2, 0) is 29.8 Å². The lowest BCUT2D eigenvalue weighted by Crippen LogP contribution is -2.56. The molecule has 2 aliphatic heterocycles. The third kappa shape index (κ3) is 5.71. The van der Waals surface area contributed by atoms with E-state index in [1.807, 2.05) is 45.0 Å². The molecule has 38 heavy (non-hydrogen) atoms. The van der Waals surface area contributed by atoms with Gasteiger partial charge in [0.2, 0.25) is 21.8 Å². The van der Waals surface area contributed by atoms with E-state index in [1.165, 1.54) is 16.8 Å². The first-order chi connectivity index (χ1) is 17.6. The largest absolute Gasteiger partial charge is 0.332 e. The molecule has 0 radical (unpaired) electrons. The van der Waals surface area contributed by atoms with Crippen molar-refractivity contribution < 1.29 is 22.8 Å². The Morgan fingerprint density at radius 3 is 2.53 bits per heavy atom. The van der Waals surface area contributed by atoms with Gasteiger partial charge in [-0.3, -0.25) is 24.1 Å². The summed E-state index contributed by atoms with van der Waals surface area (Å²) in [5.41, 5.74) is 0.0762. The molecule has 1 saturated heterocycles. The molecule has 1 aromatic carbocycles. The van der Waals surface area contributed by atoms with Crippen molar-refractivity contribution in [2.45, 2.75) is 76.5 Å². The summed E-state index contributed by atoms with van der Waals surface area (Å²) in [5, 5.41) is 2.89. The minimum atomic E-state index is -3.66. The molecule has 1 aromatic rings. The number of rotatable bonds is 8. The van der Waals surface area contributed by atoms with Gasteiger partial charge in [0, 0.05) is 19.3 Å². The third-order valence-electron chi connectivity index (χ3n) is 7.71. The summed E-state index contributed by atoms with van der Waals surface area (Å²) < 4.78 is 26.5. The van der Waals surface area contributed by atoms with E-state index in [0.717, 1.165) is 24.7 Å². The first-order valence-corrected chi connectivity index (χ1v) is 14.9. The molecular formula is C27H37N5O5S. The topological polar surface area (TPSA) is 120 Å². The number of likely N-dealkylation sites (tertiary alicyclic amines) is 1. The smallest absolute Gasteiger partial charge is 0.302 e. The van der Waals surface area contributed by atoms with Crippen molar-refractivity contribution in [3.8, 4) is 0 Å². The van der Waals surface area contributed by atoms with Gasteiger partial charge in [-0.25, -0.2) is 19.7 Å². The van der Waals surface area contributed by atoms with E-state index in [9.17, 15) is 22.8 Å². The van der Waals surface area contributed by atoms with Crippen molar-refractivity contribution in [1.29, 1.82) is 0 Å². The highest BCUT2D eigenvalue weighted by Gasteiger charge is 2.59. The summed E-state index contributed by atoms with van der Waals surface area (Å²) in [6.07, 6.45) is 2.89. The fourth-order valence-electron chi connectivity index (χ4n) is 5.66. The monoisotopic (exact) mass is 543 g/mol. The lowest BCUT2D eigenvalue weighted by atomic mass is 9.80. The van der Waals surface area contributed by atoms with E-state index in [4.69, 9.17) is 6.57 Å². The van der Waals surface area contributed by atoms with Crippen LogP contribution in [0, 0.1) is 17.9 Å². The number of likely N-dealkylation sites (N-methyl/N-ethyl adjacent to an activating group) is 1. The Hall–Kier alpha value is -2.97. The number of sulfonamides is 1.